The molecule has 0 amide bonds. The molecule has 1 atom stereocenters. The van der Waals surface area contributed by atoms with Crippen LogP contribution in [0.4, 0.5) is 0 Å². The predicted octanol–water partition coefficient (Wildman–Crippen LogP) is 4.69. The molecule has 2 aromatic rings. The monoisotopic (exact) mass is 347 g/mol. The second-order valence-electron chi connectivity index (χ2n) is 5.35. The van der Waals surface area contributed by atoms with E-state index in [1.54, 1.807) is 7.11 Å². The molecular weight excluding hydrogens is 326 g/mol. The van der Waals surface area contributed by atoms with Gasteiger partial charge in [0.25, 0.3) is 0 Å². The zero-order valence-electron chi connectivity index (χ0n) is 13.3. The van der Waals surface area contributed by atoms with E-state index in [4.69, 9.17) is 4.74 Å². The van der Waals surface area contributed by atoms with Crippen molar-refractivity contribution in [3.05, 3.63) is 62.6 Å². The molecule has 0 heterocycles. The van der Waals surface area contributed by atoms with Crippen molar-refractivity contribution in [2.45, 2.75) is 26.8 Å². The third-order valence-electron chi connectivity index (χ3n) is 4.05. The Kier molecular flexibility index (Phi) is 5.07. The van der Waals surface area contributed by atoms with E-state index in [0.29, 0.717) is 0 Å². The minimum atomic E-state index is 0.118. The first-order chi connectivity index (χ1) is 9.99. The molecule has 1 N–H and O–H groups in total. The summed E-state index contributed by atoms with van der Waals surface area (Å²) in [6.45, 7) is 6.36. The highest BCUT2D eigenvalue weighted by Crippen LogP contribution is 2.35. The van der Waals surface area contributed by atoms with E-state index >= 15 is 0 Å². The van der Waals surface area contributed by atoms with Gasteiger partial charge in [0.15, 0.2) is 0 Å². The average molecular weight is 348 g/mol. The molecule has 112 valence electrons. The molecule has 0 radical (unpaired) electrons. The minimum Gasteiger partial charge on any atom is -0.496 e. The Morgan fingerprint density at radius 3 is 2.24 bits per heavy atom. The van der Waals surface area contributed by atoms with Gasteiger partial charge in [-0.05, 0) is 62.2 Å². The molecule has 2 aromatic carbocycles. The van der Waals surface area contributed by atoms with E-state index < -0.39 is 0 Å². The highest BCUT2D eigenvalue weighted by molar-refractivity contribution is 9.10. The maximum Gasteiger partial charge on any atom is 0.127 e. The molecule has 0 spiro atoms. The number of benzene rings is 2. The Bertz CT molecular complexity index is 652. The van der Waals surface area contributed by atoms with Gasteiger partial charge in [-0.3, -0.25) is 0 Å². The fourth-order valence-electron chi connectivity index (χ4n) is 2.75. The normalized spacial score (nSPS) is 12.3. The lowest BCUT2D eigenvalue weighted by Gasteiger charge is -2.23. The van der Waals surface area contributed by atoms with Crippen LogP contribution >= 0.6 is 15.9 Å². The van der Waals surface area contributed by atoms with Gasteiger partial charge in [0, 0.05) is 10.0 Å². The van der Waals surface area contributed by atoms with Crippen LogP contribution in [0.25, 0.3) is 0 Å². The molecule has 0 fully saturated rings. The summed E-state index contributed by atoms with van der Waals surface area (Å²) < 4.78 is 6.78. The van der Waals surface area contributed by atoms with Crippen LogP contribution in [-0.4, -0.2) is 14.2 Å². The second-order valence-corrected chi connectivity index (χ2v) is 6.27. The third-order valence-corrected chi connectivity index (χ3v) is 4.55. The number of hydrogen-bond donors (Lipinski definition) is 1. The molecule has 3 heteroatoms. The van der Waals surface area contributed by atoms with Crippen molar-refractivity contribution in [2.24, 2.45) is 0 Å². The quantitative estimate of drug-likeness (QED) is 0.865. The van der Waals surface area contributed by atoms with Gasteiger partial charge in [-0.2, -0.15) is 0 Å². The van der Waals surface area contributed by atoms with Gasteiger partial charge in [0.05, 0.1) is 13.2 Å². The van der Waals surface area contributed by atoms with Gasteiger partial charge in [0.2, 0.25) is 0 Å². The lowest BCUT2D eigenvalue weighted by Crippen LogP contribution is -2.20. The van der Waals surface area contributed by atoms with Crippen LogP contribution in [0.5, 0.6) is 5.75 Å². The van der Waals surface area contributed by atoms with Gasteiger partial charge in [-0.15, -0.1) is 0 Å². The van der Waals surface area contributed by atoms with Crippen molar-refractivity contribution in [1.82, 2.24) is 5.32 Å². The molecule has 0 aliphatic rings. The second kappa shape index (κ2) is 6.63. The van der Waals surface area contributed by atoms with E-state index in [-0.39, 0.29) is 6.04 Å². The maximum atomic E-state index is 5.68. The van der Waals surface area contributed by atoms with Crippen LogP contribution in [0.1, 0.15) is 33.9 Å². The molecule has 2 rings (SSSR count). The largest absolute Gasteiger partial charge is 0.496 e. The van der Waals surface area contributed by atoms with E-state index in [1.165, 1.54) is 27.8 Å². The molecule has 21 heavy (non-hydrogen) atoms. The van der Waals surface area contributed by atoms with Gasteiger partial charge in [-0.25, -0.2) is 0 Å². The summed E-state index contributed by atoms with van der Waals surface area (Å²) in [5.41, 5.74) is 6.14. The van der Waals surface area contributed by atoms with Crippen LogP contribution in [0.15, 0.2) is 34.8 Å². The zero-order chi connectivity index (χ0) is 15.6. The molecule has 0 saturated heterocycles. The fourth-order valence-corrected chi connectivity index (χ4v) is 3.23. The first kappa shape index (κ1) is 16.1. The van der Waals surface area contributed by atoms with E-state index in [2.05, 4.69) is 72.3 Å². The van der Waals surface area contributed by atoms with Crippen molar-refractivity contribution in [2.75, 3.05) is 14.2 Å². The summed E-state index contributed by atoms with van der Waals surface area (Å²) in [4.78, 5) is 0. The smallest absolute Gasteiger partial charge is 0.127 e. The highest BCUT2D eigenvalue weighted by Gasteiger charge is 2.20. The van der Waals surface area contributed by atoms with Crippen molar-refractivity contribution in [3.63, 3.8) is 0 Å². The van der Waals surface area contributed by atoms with E-state index in [0.717, 1.165) is 10.2 Å². The van der Waals surface area contributed by atoms with Crippen LogP contribution in [-0.2, 0) is 0 Å². The first-order valence-corrected chi connectivity index (χ1v) is 7.86. The van der Waals surface area contributed by atoms with Gasteiger partial charge >= 0.3 is 0 Å². The molecule has 0 bridgehead atoms. The molecule has 0 saturated carbocycles. The van der Waals surface area contributed by atoms with Crippen LogP contribution in [0, 0.1) is 20.8 Å². The number of ether oxygens (including phenoxy) is 1. The number of halogens is 1. The Morgan fingerprint density at radius 1 is 1.00 bits per heavy atom. The molecule has 2 nitrogen and oxygen atoms in total. The summed E-state index contributed by atoms with van der Waals surface area (Å²) in [5, 5.41) is 3.42. The van der Waals surface area contributed by atoms with E-state index in [1.807, 2.05) is 7.05 Å². The summed E-state index contributed by atoms with van der Waals surface area (Å²) in [6.07, 6.45) is 0. The highest BCUT2D eigenvalue weighted by atomic mass is 79.9. The third kappa shape index (κ3) is 3.14. The Labute approximate surface area is 135 Å². The van der Waals surface area contributed by atoms with Crippen molar-refractivity contribution >= 4 is 15.9 Å². The Hall–Kier alpha value is -1.32. The topological polar surface area (TPSA) is 21.3 Å². The van der Waals surface area contributed by atoms with Crippen molar-refractivity contribution < 1.29 is 4.74 Å². The van der Waals surface area contributed by atoms with Crippen molar-refractivity contribution in [3.8, 4) is 5.75 Å². The lowest BCUT2D eigenvalue weighted by molar-refractivity contribution is 0.402. The summed E-state index contributed by atoms with van der Waals surface area (Å²) >= 11 is 3.53. The van der Waals surface area contributed by atoms with Crippen LogP contribution < -0.4 is 10.1 Å². The summed E-state index contributed by atoms with van der Waals surface area (Å²) in [6, 6.07) is 10.8. The maximum absolute atomic E-state index is 5.68. The number of nitrogens with one attached hydrogen (secondary N) is 1. The van der Waals surface area contributed by atoms with Gasteiger partial charge in [-0.1, -0.05) is 34.1 Å². The summed E-state index contributed by atoms with van der Waals surface area (Å²) in [5.74, 6) is 0.969. The fraction of sp³-hybridized carbons (Fsp3) is 0.333. The molecule has 0 aliphatic carbocycles. The number of aryl methyl sites for hydroxylation is 2. The Balaban J connectivity index is 2.59. The summed E-state index contributed by atoms with van der Waals surface area (Å²) in [7, 11) is 3.73. The van der Waals surface area contributed by atoms with Crippen LogP contribution in [0.2, 0.25) is 0 Å². The zero-order valence-corrected chi connectivity index (χ0v) is 14.8. The average Bonchev–Trinajstić information content (AvgIpc) is 2.45. The van der Waals surface area contributed by atoms with E-state index in [9.17, 15) is 0 Å². The molecule has 0 aromatic heterocycles. The molecule has 1 unspecified atom stereocenters. The number of rotatable bonds is 4. The van der Waals surface area contributed by atoms with Gasteiger partial charge < -0.3 is 10.1 Å². The standard InChI is InChI=1S/C18H22BrNO/c1-11-6-8-16(18(21-5)13(11)3)17(20-4)15-9-7-14(19)10-12(15)2/h6-10,17,20H,1-5H3. The Morgan fingerprint density at radius 2 is 1.67 bits per heavy atom. The minimum absolute atomic E-state index is 0.118. The lowest BCUT2D eigenvalue weighted by atomic mass is 9.92. The molecular formula is C18H22BrNO. The van der Waals surface area contributed by atoms with Crippen molar-refractivity contribution in [1.29, 1.82) is 0 Å². The number of methoxy groups -OCH3 is 1. The SMILES string of the molecule is CNC(c1ccc(Br)cc1C)c1ccc(C)c(C)c1OC. The van der Waals surface area contributed by atoms with Crippen LogP contribution in [0.3, 0.4) is 0 Å². The predicted molar refractivity (Wildman–Crippen MR) is 92.2 cm³/mol. The molecule has 0 aliphatic heterocycles. The first-order valence-electron chi connectivity index (χ1n) is 7.07. The van der Waals surface area contributed by atoms with Gasteiger partial charge in [0.1, 0.15) is 5.75 Å². The number of hydrogen-bond acceptors (Lipinski definition) is 2.